The molecule has 1 rings (SSSR count). The van der Waals surface area contributed by atoms with Gasteiger partial charge in [0.05, 0.1) is 24.4 Å². The number of anilines is 2. The summed E-state index contributed by atoms with van der Waals surface area (Å²) in [4.78, 5) is 11.4. The smallest absolute Gasteiger partial charge is 0.397 e. The van der Waals surface area contributed by atoms with Crippen LogP contribution in [0.2, 0.25) is 0 Å². The zero-order valence-electron chi connectivity index (χ0n) is 9.76. The molecule has 0 aromatic heterocycles. The Morgan fingerprint density at radius 3 is 2.68 bits per heavy atom. The minimum atomic E-state index is -4.38. The van der Waals surface area contributed by atoms with Crippen molar-refractivity contribution in [3.05, 3.63) is 22.7 Å². The molecule has 0 saturated carbocycles. The number of nitrogens with two attached hydrogens (primary N) is 1. The molecule has 1 aromatic rings. The largest absolute Gasteiger partial charge is 0.411 e. The van der Waals surface area contributed by atoms with Crippen LogP contribution in [0.25, 0.3) is 0 Å². The van der Waals surface area contributed by atoms with Gasteiger partial charge in [-0.3, -0.25) is 4.79 Å². The molecule has 0 radical (unpaired) electrons. The maximum atomic E-state index is 11.8. The molecule has 3 N–H and O–H groups in total. The molecular formula is C11H12BrF3N2O2. The first-order valence-electron chi connectivity index (χ1n) is 5.27. The number of carbonyl (C=O) groups is 1. The SMILES string of the molecule is Nc1cc(Br)ccc1NC(=O)CCOCC(F)(F)F. The number of nitrogens with one attached hydrogen (secondary N) is 1. The quantitative estimate of drug-likeness (QED) is 0.639. The minimum Gasteiger partial charge on any atom is -0.397 e. The third-order valence-corrected chi connectivity index (χ3v) is 2.52. The van der Waals surface area contributed by atoms with Gasteiger partial charge in [-0.2, -0.15) is 13.2 Å². The number of carbonyl (C=O) groups excluding carboxylic acids is 1. The number of halogens is 4. The molecule has 0 fully saturated rings. The van der Waals surface area contributed by atoms with E-state index in [1.807, 2.05) is 0 Å². The van der Waals surface area contributed by atoms with Crippen molar-refractivity contribution in [2.45, 2.75) is 12.6 Å². The van der Waals surface area contributed by atoms with Crippen molar-refractivity contribution < 1.29 is 22.7 Å². The van der Waals surface area contributed by atoms with Gasteiger partial charge >= 0.3 is 6.18 Å². The number of rotatable bonds is 5. The molecule has 19 heavy (non-hydrogen) atoms. The molecule has 0 bridgehead atoms. The maximum Gasteiger partial charge on any atom is 0.411 e. The van der Waals surface area contributed by atoms with Gasteiger partial charge in [-0.1, -0.05) is 15.9 Å². The molecule has 0 aliphatic heterocycles. The summed E-state index contributed by atoms with van der Waals surface area (Å²) >= 11 is 3.21. The number of nitrogen functional groups attached to an aromatic ring is 1. The van der Waals surface area contributed by atoms with E-state index in [-0.39, 0.29) is 13.0 Å². The summed E-state index contributed by atoms with van der Waals surface area (Å²) in [5.74, 6) is -0.462. The van der Waals surface area contributed by atoms with Crippen molar-refractivity contribution in [3.8, 4) is 0 Å². The topological polar surface area (TPSA) is 64.3 Å². The Kier molecular flexibility index (Phi) is 5.61. The predicted molar refractivity (Wildman–Crippen MR) is 68.7 cm³/mol. The van der Waals surface area contributed by atoms with Crippen molar-refractivity contribution >= 4 is 33.2 Å². The Morgan fingerprint density at radius 2 is 2.11 bits per heavy atom. The van der Waals surface area contributed by atoms with E-state index in [9.17, 15) is 18.0 Å². The number of hydrogen-bond acceptors (Lipinski definition) is 3. The third kappa shape index (κ3) is 6.44. The average Bonchev–Trinajstić information content (AvgIpc) is 2.27. The highest BCUT2D eigenvalue weighted by Gasteiger charge is 2.27. The average molecular weight is 341 g/mol. The molecule has 0 saturated heterocycles. The van der Waals surface area contributed by atoms with Crippen molar-refractivity contribution in [2.24, 2.45) is 0 Å². The zero-order valence-corrected chi connectivity index (χ0v) is 11.3. The Bertz CT molecular complexity index is 452. The molecule has 4 nitrogen and oxygen atoms in total. The first kappa shape index (κ1) is 15.8. The number of ether oxygens (including phenoxy) is 1. The van der Waals surface area contributed by atoms with E-state index in [4.69, 9.17) is 5.73 Å². The van der Waals surface area contributed by atoms with Crippen LogP contribution in [0.5, 0.6) is 0 Å². The van der Waals surface area contributed by atoms with Gasteiger partial charge < -0.3 is 15.8 Å². The Morgan fingerprint density at radius 1 is 1.42 bits per heavy atom. The van der Waals surface area contributed by atoms with Gasteiger partial charge in [-0.05, 0) is 18.2 Å². The van der Waals surface area contributed by atoms with Crippen LogP contribution in [-0.4, -0.2) is 25.3 Å². The van der Waals surface area contributed by atoms with Crippen molar-refractivity contribution in [3.63, 3.8) is 0 Å². The summed E-state index contributed by atoms with van der Waals surface area (Å²) in [6.45, 7) is -1.66. The Labute approximate surface area is 116 Å². The molecule has 0 atom stereocenters. The highest BCUT2D eigenvalue weighted by molar-refractivity contribution is 9.10. The van der Waals surface area contributed by atoms with Crippen molar-refractivity contribution in [1.29, 1.82) is 0 Å². The summed E-state index contributed by atoms with van der Waals surface area (Å²) in [6.07, 6.45) is -4.56. The normalized spacial score (nSPS) is 11.4. The first-order valence-corrected chi connectivity index (χ1v) is 6.06. The highest BCUT2D eigenvalue weighted by atomic mass is 79.9. The molecule has 1 aromatic carbocycles. The Hall–Kier alpha value is -1.28. The van der Waals surface area contributed by atoms with E-state index >= 15 is 0 Å². The fourth-order valence-electron chi connectivity index (χ4n) is 1.21. The second kappa shape index (κ2) is 6.76. The van der Waals surface area contributed by atoms with Gasteiger partial charge in [-0.15, -0.1) is 0 Å². The highest BCUT2D eigenvalue weighted by Crippen LogP contribution is 2.23. The van der Waals surface area contributed by atoms with Crippen LogP contribution in [0.1, 0.15) is 6.42 Å². The molecule has 8 heteroatoms. The van der Waals surface area contributed by atoms with Gasteiger partial charge in [-0.25, -0.2) is 0 Å². The van der Waals surface area contributed by atoms with E-state index in [0.29, 0.717) is 11.4 Å². The molecular weight excluding hydrogens is 329 g/mol. The lowest BCUT2D eigenvalue weighted by molar-refractivity contribution is -0.174. The second-order valence-electron chi connectivity index (χ2n) is 3.70. The van der Waals surface area contributed by atoms with Crippen LogP contribution >= 0.6 is 15.9 Å². The summed E-state index contributed by atoms with van der Waals surface area (Å²) < 4.78 is 40.4. The summed E-state index contributed by atoms with van der Waals surface area (Å²) in [5.41, 5.74) is 6.42. The number of alkyl halides is 3. The van der Waals surface area contributed by atoms with Gasteiger partial charge in [0, 0.05) is 4.47 Å². The number of benzene rings is 1. The lowest BCUT2D eigenvalue weighted by Gasteiger charge is -2.09. The van der Waals surface area contributed by atoms with Gasteiger partial charge in [0.15, 0.2) is 0 Å². The maximum absolute atomic E-state index is 11.8. The third-order valence-electron chi connectivity index (χ3n) is 2.03. The van der Waals surface area contributed by atoms with Crippen LogP contribution in [0.3, 0.4) is 0 Å². The zero-order chi connectivity index (χ0) is 14.5. The van der Waals surface area contributed by atoms with Crippen molar-refractivity contribution in [1.82, 2.24) is 0 Å². The minimum absolute atomic E-state index is 0.175. The van der Waals surface area contributed by atoms with Gasteiger partial charge in [0.1, 0.15) is 6.61 Å². The fraction of sp³-hybridized carbons (Fsp3) is 0.364. The lowest BCUT2D eigenvalue weighted by Crippen LogP contribution is -2.20. The van der Waals surface area contributed by atoms with Gasteiger partial charge in [0.25, 0.3) is 0 Å². The molecule has 0 unspecified atom stereocenters. The second-order valence-corrected chi connectivity index (χ2v) is 4.61. The fourth-order valence-corrected chi connectivity index (χ4v) is 1.59. The number of hydrogen-bond donors (Lipinski definition) is 2. The summed E-state index contributed by atoms with van der Waals surface area (Å²) in [5, 5.41) is 2.49. The number of amides is 1. The Balaban J connectivity index is 2.35. The summed E-state index contributed by atoms with van der Waals surface area (Å²) in [6, 6.07) is 4.88. The van der Waals surface area contributed by atoms with E-state index < -0.39 is 18.7 Å². The van der Waals surface area contributed by atoms with Crippen LogP contribution in [0.4, 0.5) is 24.5 Å². The van der Waals surface area contributed by atoms with Crippen LogP contribution < -0.4 is 11.1 Å². The first-order chi connectivity index (χ1) is 8.78. The predicted octanol–water partition coefficient (Wildman–Crippen LogP) is 2.94. The molecule has 0 spiro atoms. The molecule has 106 valence electrons. The van der Waals surface area contributed by atoms with Crippen molar-refractivity contribution in [2.75, 3.05) is 24.3 Å². The van der Waals surface area contributed by atoms with E-state index in [0.717, 1.165) is 4.47 Å². The van der Waals surface area contributed by atoms with E-state index in [2.05, 4.69) is 26.0 Å². The van der Waals surface area contributed by atoms with Crippen LogP contribution in [0, 0.1) is 0 Å². The molecule has 1 amide bonds. The monoisotopic (exact) mass is 340 g/mol. The summed E-state index contributed by atoms with van der Waals surface area (Å²) in [7, 11) is 0. The lowest BCUT2D eigenvalue weighted by atomic mass is 10.2. The van der Waals surface area contributed by atoms with Crippen LogP contribution in [-0.2, 0) is 9.53 Å². The molecule has 0 aliphatic rings. The molecule has 0 heterocycles. The van der Waals surface area contributed by atoms with Gasteiger partial charge in [0.2, 0.25) is 5.91 Å². The standard InChI is InChI=1S/C11H12BrF3N2O2/c12-7-1-2-9(8(16)5-7)17-10(18)3-4-19-6-11(13,14)15/h1-2,5H,3-4,6,16H2,(H,17,18). The van der Waals surface area contributed by atoms with Crippen LogP contribution in [0.15, 0.2) is 22.7 Å². The molecule has 0 aliphatic carbocycles. The van der Waals surface area contributed by atoms with E-state index in [1.54, 1.807) is 18.2 Å². The van der Waals surface area contributed by atoms with E-state index in [1.165, 1.54) is 0 Å².